The molecule has 1 nitrogen and oxygen atoms in total. The van der Waals surface area contributed by atoms with Gasteiger partial charge >= 0.3 is 0 Å². The molecule has 0 saturated carbocycles. The minimum absolute atomic E-state index is 0.383. The third kappa shape index (κ3) is 2.93. The Morgan fingerprint density at radius 3 is 3.11 bits per heavy atom. The van der Waals surface area contributed by atoms with Gasteiger partial charge in [-0.05, 0) is 60.9 Å². The molecule has 1 N–H and O–H groups in total. The molecule has 1 aliphatic rings. The Morgan fingerprint density at radius 1 is 1.37 bits per heavy atom. The van der Waals surface area contributed by atoms with Crippen molar-refractivity contribution in [2.75, 3.05) is 0 Å². The maximum atomic E-state index is 3.79. The van der Waals surface area contributed by atoms with Crippen LogP contribution in [0.5, 0.6) is 0 Å². The van der Waals surface area contributed by atoms with Gasteiger partial charge in [-0.25, -0.2) is 0 Å². The Balaban J connectivity index is 1.76. The van der Waals surface area contributed by atoms with Crippen molar-refractivity contribution in [1.82, 2.24) is 5.32 Å². The highest BCUT2D eigenvalue weighted by Crippen LogP contribution is 2.34. The van der Waals surface area contributed by atoms with E-state index in [-0.39, 0.29) is 0 Å². The van der Waals surface area contributed by atoms with Gasteiger partial charge in [0.2, 0.25) is 0 Å². The summed E-state index contributed by atoms with van der Waals surface area (Å²) in [4.78, 5) is 1.57. The van der Waals surface area contributed by atoms with E-state index in [9.17, 15) is 0 Å². The van der Waals surface area contributed by atoms with E-state index in [0.717, 1.165) is 4.47 Å². The van der Waals surface area contributed by atoms with Crippen LogP contribution in [0.4, 0.5) is 0 Å². The fourth-order valence-electron chi connectivity index (χ4n) is 2.83. The molecule has 0 aliphatic heterocycles. The van der Waals surface area contributed by atoms with Crippen molar-refractivity contribution in [3.8, 4) is 0 Å². The van der Waals surface area contributed by atoms with Crippen LogP contribution in [0.25, 0.3) is 0 Å². The number of fused-ring (bicyclic) bond motifs is 1. The van der Waals surface area contributed by atoms with Crippen molar-refractivity contribution in [2.45, 2.75) is 38.3 Å². The highest BCUT2D eigenvalue weighted by molar-refractivity contribution is 9.10. The van der Waals surface area contributed by atoms with E-state index >= 15 is 0 Å². The van der Waals surface area contributed by atoms with E-state index in [4.69, 9.17) is 0 Å². The molecule has 0 fully saturated rings. The van der Waals surface area contributed by atoms with Crippen LogP contribution in [0.15, 0.2) is 40.2 Å². The van der Waals surface area contributed by atoms with Gasteiger partial charge in [0.1, 0.15) is 0 Å². The summed E-state index contributed by atoms with van der Waals surface area (Å²) in [6.45, 7) is 2.25. The first-order chi connectivity index (χ1) is 9.24. The number of nitrogens with one attached hydrogen (secondary N) is 1. The number of aryl methyl sites for hydroxylation is 1. The Bertz CT molecular complexity index is 563. The number of rotatable bonds is 3. The van der Waals surface area contributed by atoms with Crippen LogP contribution >= 0.6 is 27.3 Å². The summed E-state index contributed by atoms with van der Waals surface area (Å²) in [5, 5.41) is 6.02. The van der Waals surface area contributed by atoms with Gasteiger partial charge in [-0.3, -0.25) is 0 Å². The van der Waals surface area contributed by atoms with E-state index in [0.29, 0.717) is 12.1 Å². The van der Waals surface area contributed by atoms with Crippen LogP contribution in [0, 0.1) is 0 Å². The zero-order valence-electron chi connectivity index (χ0n) is 11.0. The maximum absolute atomic E-state index is 3.79. The average molecular weight is 336 g/mol. The van der Waals surface area contributed by atoms with Crippen LogP contribution in [-0.2, 0) is 6.42 Å². The van der Waals surface area contributed by atoms with Crippen LogP contribution < -0.4 is 5.32 Å². The zero-order chi connectivity index (χ0) is 13.2. The quantitative estimate of drug-likeness (QED) is 0.808. The molecule has 3 rings (SSSR count). The second-order valence-electron chi connectivity index (χ2n) is 5.19. The summed E-state index contributed by atoms with van der Waals surface area (Å²) in [5.41, 5.74) is 2.87. The lowest BCUT2D eigenvalue weighted by molar-refractivity contribution is 0.418. The summed E-state index contributed by atoms with van der Waals surface area (Å²) in [6.07, 6.45) is 3.81. The van der Waals surface area contributed by atoms with Gasteiger partial charge in [0.15, 0.2) is 0 Å². The van der Waals surface area contributed by atoms with E-state index in [1.807, 2.05) is 11.3 Å². The van der Waals surface area contributed by atoms with Crippen molar-refractivity contribution < 1.29 is 0 Å². The number of hydrogen-bond acceptors (Lipinski definition) is 2. The van der Waals surface area contributed by atoms with Crippen molar-refractivity contribution in [2.24, 2.45) is 0 Å². The second kappa shape index (κ2) is 5.78. The SMILES string of the molecule is C[C@@H](NC1CCCc2sccc21)c1cccc(Br)c1. The highest BCUT2D eigenvalue weighted by Gasteiger charge is 2.22. The van der Waals surface area contributed by atoms with Crippen LogP contribution in [0.3, 0.4) is 0 Å². The summed E-state index contributed by atoms with van der Waals surface area (Å²) in [7, 11) is 0. The molecule has 1 heterocycles. The number of halogens is 1. The van der Waals surface area contributed by atoms with Crippen LogP contribution in [0.1, 0.15) is 47.9 Å². The topological polar surface area (TPSA) is 12.0 Å². The van der Waals surface area contributed by atoms with Gasteiger partial charge in [-0.2, -0.15) is 0 Å². The molecule has 1 aliphatic carbocycles. The predicted molar refractivity (Wildman–Crippen MR) is 85.7 cm³/mol. The van der Waals surface area contributed by atoms with Crippen molar-refractivity contribution in [1.29, 1.82) is 0 Å². The maximum Gasteiger partial charge on any atom is 0.0336 e. The van der Waals surface area contributed by atoms with Crippen LogP contribution in [-0.4, -0.2) is 0 Å². The van der Waals surface area contributed by atoms with Gasteiger partial charge < -0.3 is 5.32 Å². The lowest BCUT2D eigenvalue weighted by atomic mass is 9.93. The summed E-state index contributed by atoms with van der Waals surface area (Å²) in [5.74, 6) is 0. The molecule has 3 heteroatoms. The predicted octanol–water partition coefficient (Wildman–Crippen LogP) is 5.24. The van der Waals surface area contributed by atoms with E-state index < -0.39 is 0 Å². The molecule has 0 saturated heterocycles. The Morgan fingerprint density at radius 2 is 2.26 bits per heavy atom. The third-order valence-corrected chi connectivity index (χ3v) is 5.34. The molecule has 0 radical (unpaired) electrons. The van der Waals surface area contributed by atoms with E-state index in [2.05, 4.69) is 63.9 Å². The number of benzene rings is 1. The molecule has 1 unspecified atom stereocenters. The second-order valence-corrected chi connectivity index (χ2v) is 7.10. The Hall–Kier alpha value is -0.640. The molecule has 19 heavy (non-hydrogen) atoms. The minimum atomic E-state index is 0.383. The fourth-order valence-corrected chi connectivity index (χ4v) is 4.24. The number of thiophene rings is 1. The third-order valence-electron chi connectivity index (χ3n) is 3.85. The first-order valence-electron chi connectivity index (χ1n) is 6.82. The normalized spacial score (nSPS) is 20.0. The van der Waals surface area contributed by atoms with Crippen molar-refractivity contribution in [3.63, 3.8) is 0 Å². The van der Waals surface area contributed by atoms with E-state index in [1.54, 1.807) is 4.88 Å². The van der Waals surface area contributed by atoms with Gasteiger partial charge in [0.05, 0.1) is 0 Å². The lowest BCUT2D eigenvalue weighted by Gasteiger charge is -2.27. The van der Waals surface area contributed by atoms with Gasteiger partial charge in [-0.1, -0.05) is 28.1 Å². The molecule has 100 valence electrons. The molecule has 2 aromatic rings. The monoisotopic (exact) mass is 335 g/mol. The Kier molecular flexibility index (Phi) is 4.06. The van der Waals surface area contributed by atoms with E-state index in [1.165, 1.54) is 30.4 Å². The molecule has 0 amide bonds. The number of hydrogen-bond donors (Lipinski definition) is 1. The molecule has 1 aromatic heterocycles. The molecule has 2 atom stereocenters. The minimum Gasteiger partial charge on any atom is -0.303 e. The average Bonchev–Trinajstić information content (AvgIpc) is 2.88. The molecular formula is C16H18BrNS. The van der Waals surface area contributed by atoms with Crippen molar-refractivity contribution >= 4 is 27.3 Å². The molecule has 0 spiro atoms. The summed E-state index contributed by atoms with van der Waals surface area (Å²) >= 11 is 5.46. The fraction of sp³-hybridized carbons (Fsp3) is 0.375. The first kappa shape index (κ1) is 13.3. The zero-order valence-corrected chi connectivity index (χ0v) is 13.4. The summed E-state index contributed by atoms with van der Waals surface area (Å²) in [6, 6.07) is 11.8. The van der Waals surface area contributed by atoms with Crippen LogP contribution in [0.2, 0.25) is 0 Å². The summed E-state index contributed by atoms with van der Waals surface area (Å²) < 4.78 is 1.15. The molecular weight excluding hydrogens is 318 g/mol. The Labute approximate surface area is 127 Å². The highest BCUT2D eigenvalue weighted by atomic mass is 79.9. The van der Waals surface area contributed by atoms with Gasteiger partial charge in [0, 0.05) is 21.4 Å². The first-order valence-corrected chi connectivity index (χ1v) is 8.49. The van der Waals surface area contributed by atoms with Crippen molar-refractivity contribution in [3.05, 3.63) is 56.2 Å². The molecule has 1 aromatic carbocycles. The molecule has 0 bridgehead atoms. The van der Waals surface area contributed by atoms with Gasteiger partial charge in [0.25, 0.3) is 0 Å². The smallest absolute Gasteiger partial charge is 0.0336 e. The van der Waals surface area contributed by atoms with Gasteiger partial charge in [-0.15, -0.1) is 11.3 Å². The standard InChI is InChI=1S/C16H18BrNS/c1-11(12-4-2-5-13(17)10-12)18-15-6-3-7-16-14(15)8-9-19-16/h2,4-5,8-11,15,18H,3,6-7H2,1H3/t11-,15?/m1/s1. The largest absolute Gasteiger partial charge is 0.303 e. The lowest BCUT2D eigenvalue weighted by Crippen LogP contribution is -2.27.